The third-order valence-corrected chi connectivity index (χ3v) is 3.75. The van der Waals surface area contributed by atoms with E-state index in [0.29, 0.717) is 19.2 Å². The van der Waals surface area contributed by atoms with E-state index in [1.54, 1.807) is 0 Å². The molecule has 5 heteroatoms. The molecule has 0 aliphatic carbocycles. The Morgan fingerprint density at radius 3 is 3.00 bits per heavy atom. The summed E-state index contributed by atoms with van der Waals surface area (Å²) in [6, 6.07) is 8.02. The topological polar surface area (TPSA) is 53.6 Å². The third kappa shape index (κ3) is 4.44. The molecule has 1 aliphatic heterocycles. The maximum atomic E-state index is 12.2. The van der Waals surface area contributed by atoms with Crippen molar-refractivity contribution in [2.24, 2.45) is 0 Å². The van der Waals surface area contributed by atoms with Gasteiger partial charge in [-0.1, -0.05) is 12.1 Å². The van der Waals surface area contributed by atoms with Gasteiger partial charge in [-0.25, -0.2) is 0 Å². The number of benzene rings is 1. The Kier molecular flexibility index (Phi) is 6.02. The number of hydrogen-bond donors (Lipinski definition) is 2. The van der Waals surface area contributed by atoms with Crippen molar-refractivity contribution in [3.05, 3.63) is 24.3 Å². The molecule has 1 aliphatic rings. The lowest BCUT2D eigenvalue weighted by atomic mass is 10.2. The van der Waals surface area contributed by atoms with E-state index < -0.39 is 0 Å². The average Bonchev–Trinajstić information content (AvgIpc) is 2.89. The molecule has 116 valence electrons. The van der Waals surface area contributed by atoms with Crippen molar-refractivity contribution in [1.82, 2.24) is 10.2 Å². The first-order valence-electron chi connectivity index (χ1n) is 7.65. The fraction of sp³-hybridized carbons (Fsp3) is 0.562. The lowest BCUT2D eigenvalue weighted by Crippen LogP contribution is -2.41. The van der Waals surface area contributed by atoms with E-state index in [1.165, 1.54) is 0 Å². The molecule has 2 N–H and O–H groups in total. The van der Waals surface area contributed by atoms with Gasteiger partial charge >= 0.3 is 0 Å². The van der Waals surface area contributed by atoms with Gasteiger partial charge in [0.15, 0.2) is 0 Å². The van der Waals surface area contributed by atoms with Gasteiger partial charge in [-0.15, -0.1) is 0 Å². The quantitative estimate of drug-likeness (QED) is 0.803. The minimum atomic E-state index is 0.0187. The largest absolute Gasteiger partial charge is 0.492 e. The second-order valence-electron chi connectivity index (χ2n) is 5.30. The molecule has 5 nitrogen and oxygen atoms in total. The summed E-state index contributed by atoms with van der Waals surface area (Å²) in [5.41, 5.74) is 0.744. The molecule has 2 rings (SSSR count). The van der Waals surface area contributed by atoms with E-state index in [1.807, 2.05) is 38.2 Å². The number of anilines is 1. The molecular weight excluding hydrogens is 266 g/mol. The van der Waals surface area contributed by atoms with Gasteiger partial charge in [0.25, 0.3) is 0 Å². The molecule has 0 radical (unpaired) electrons. The molecular formula is C16H25N3O2. The van der Waals surface area contributed by atoms with Crippen LogP contribution >= 0.6 is 0 Å². The van der Waals surface area contributed by atoms with Crippen LogP contribution in [0.4, 0.5) is 5.69 Å². The van der Waals surface area contributed by atoms with Gasteiger partial charge in [-0.3, -0.25) is 9.69 Å². The predicted molar refractivity (Wildman–Crippen MR) is 84.8 cm³/mol. The molecule has 0 saturated carbocycles. The van der Waals surface area contributed by atoms with Gasteiger partial charge in [-0.05, 0) is 45.5 Å². The molecule has 21 heavy (non-hydrogen) atoms. The standard InChI is InChI=1S/C16H25N3O2/c1-3-21-15-9-5-4-8-14(15)18-16(20)12-19-10-6-7-13(19)11-17-2/h4-5,8-9,13,17H,3,6-7,10-12H2,1-2H3,(H,18,20). The number of likely N-dealkylation sites (tertiary alicyclic amines) is 1. The number of rotatable bonds is 7. The van der Waals surface area contributed by atoms with Gasteiger partial charge in [-0.2, -0.15) is 0 Å². The first-order valence-corrected chi connectivity index (χ1v) is 7.65. The number of amides is 1. The van der Waals surface area contributed by atoms with E-state index in [-0.39, 0.29) is 5.91 Å². The lowest BCUT2D eigenvalue weighted by molar-refractivity contribution is -0.117. The summed E-state index contributed by atoms with van der Waals surface area (Å²) in [6.07, 6.45) is 2.32. The average molecular weight is 291 g/mol. The van der Waals surface area contributed by atoms with Gasteiger partial charge in [0.1, 0.15) is 5.75 Å². The number of nitrogens with zero attached hydrogens (tertiary/aromatic N) is 1. The van der Waals surface area contributed by atoms with Gasteiger partial charge in [0.2, 0.25) is 5.91 Å². The Morgan fingerprint density at radius 2 is 2.24 bits per heavy atom. The van der Waals surface area contributed by atoms with Gasteiger partial charge in [0.05, 0.1) is 18.8 Å². The highest BCUT2D eigenvalue weighted by atomic mass is 16.5. The van der Waals surface area contributed by atoms with E-state index in [4.69, 9.17) is 4.74 Å². The molecule has 1 saturated heterocycles. The van der Waals surface area contributed by atoms with E-state index >= 15 is 0 Å². The Bertz CT molecular complexity index is 465. The van der Waals surface area contributed by atoms with Crippen molar-refractivity contribution in [3.63, 3.8) is 0 Å². The van der Waals surface area contributed by atoms with Crippen molar-refractivity contribution in [3.8, 4) is 5.75 Å². The molecule has 0 spiro atoms. The second kappa shape index (κ2) is 8.00. The number of nitrogens with one attached hydrogen (secondary N) is 2. The summed E-state index contributed by atoms with van der Waals surface area (Å²) in [5.74, 6) is 0.742. The molecule has 1 amide bonds. The summed E-state index contributed by atoms with van der Waals surface area (Å²) in [7, 11) is 1.95. The number of likely N-dealkylation sites (N-methyl/N-ethyl adjacent to an activating group) is 1. The van der Waals surface area contributed by atoms with Crippen LogP contribution in [0, 0.1) is 0 Å². The van der Waals surface area contributed by atoms with Crippen LogP contribution < -0.4 is 15.4 Å². The lowest BCUT2D eigenvalue weighted by Gasteiger charge is -2.23. The molecule has 1 fully saturated rings. The fourth-order valence-corrected chi connectivity index (χ4v) is 2.80. The van der Waals surface area contributed by atoms with Crippen molar-refractivity contribution >= 4 is 11.6 Å². The van der Waals surface area contributed by atoms with E-state index in [2.05, 4.69) is 15.5 Å². The first kappa shape index (κ1) is 15.8. The zero-order valence-electron chi connectivity index (χ0n) is 12.9. The fourth-order valence-electron chi connectivity index (χ4n) is 2.80. The van der Waals surface area contributed by atoms with Gasteiger partial charge in [0, 0.05) is 12.6 Å². The second-order valence-corrected chi connectivity index (χ2v) is 5.30. The van der Waals surface area contributed by atoms with Crippen LogP contribution in [0.2, 0.25) is 0 Å². The van der Waals surface area contributed by atoms with E-state index in [9.17, 15) is 4.79 Å². The highest BCUT2D eigenvalue weighted by Gasteiger charge is 2.25. The maximum absolute atomic E-state index is 12.2. The van der Waals surface area contributed by atoms with Crippen molar-refractivity contribution in [2.45, 2.75) is 25.8 Å². The number of carbonyl (C=O) groups excluding carboxylic acids is 1. The van der Waals surface area contributed by atoms with E-state index in [0.717, 1.165) is 37.4 Å². The normalized spacial score (nSPS) is 18.7. The van der Waals surface area contributed by atoms with Crippen LogP contribution in [0.25, 0.3) is 0 Å². The van der Waals surface area contributed by atoms with Crippen LogP contribution in [0.15, 0.2) is 24.3 Å². The SMILES string of the molecule is CCOc1ccccc1NC(=O)CN1CCCC1CNC. The highest BCUT2D eigenvalue weighted by Crippen LogP contribution is 2.24. The Hall–Kier alpha value is -1.59. The minimum absolute atomic E-state index is 0.0187. The zero-order chi connectivity index (χ0) is 15.1. The molecule has 1 aromatic carbocycles. The van der Waals surface area contributed by atoms with Crippen LogP contribution in [0.5, 0.6) is 5.75 Å². The summed E-state index contributed by atoms with van der Waals surface area (Å²) in [4.78, 5) is 14.5. The number of para-hydroxylation sites is 2. The molecule has 1 aromatic rings. The molecule has 1 unspecified atom stereocenters. The Balaban J connectivity index is 1.92. The van der Waals surface area contributed by atoms with Crippen LogP contribution in [-0.2, 0) is 4.79 Å². The monoisotopic (exact) mass is 291 g/mol. The summed E-state index contributed by atoms with van der Waals surface area (Å²) in [6.45, 7) is 4.89. The highest BCUT2D eigenvalue weighted by molar-refractivity contribution is 5.93. The third-order valence-electron chi connectivity index (χ3n) is 3.75. The number of ether oxygens (including phenoxy) is 1. The molecule has 0 aromatic heterocycles. The minimum Gasteiger partial charge on any atom is -0.492 e. The summed E-state index contributed by atoms with van der Waals surface area (Å²) >= 11 is 0. The zero-order valence-corrected chi connectivity index (χ0v) is 12.9. The number of carbonyl (C=O) groups is 1. The first-order chi connectivity index (χ1) is 10.2. The molecule has 0 bridgehead atoms. The Morgan fingerprint density at radius 1 is 1.43 bits per heavy atom. The smallest absolute Gasteiger partial charge is 0.238 e. The van der Waals surface area contributed by atoms with Crippen LogP contribution in [0.1, 0.15) is 19.8 Å². The molecule has 1 heterocycles. The summed E-state index contributed by atoms with van der Waals surface area (Å²) < 4.78 is 5.53. The Labute approximate surface area is 126 Å². The van der Waals surface area contributed by atoms with Crippen molar-refractivity contribution in [1.29, 1.82) is 0 Å². The van der Waals surface area contributed by atoms with Crippen LogP contribution in [-0.4, -0.2) is 50.1 Å². The van der Waals surface area contributed by atoms with Gasteiger partial charge < -0.3 is 15.4 Å². The predicted octanol–water partition coefficient (Wildman–Crippen LogP) is 1.71. The van der Waals surface area contributed by atoms with Crippen molar-refractivity contribution in [2.75, 3.05) is 38.6 Å². The number of hydrogen-bond acceptors (Lipinski definition) is 4. The molecule has 1 atom stereocenters. The summed E-state index contributed by atoms with van der Waals surface area (Å²) in [5, 5.41) is 6.15. The van der Waals surface area contributed by atoms with Crippen molar-refractivity contribution < 1.29 is 9.53 Å². The maximum Gasteiger partial charge on any atom is 0.238 e. The van der Waals surface area contributed by atoms with Crippen LogP contribution in [0.3, 0.4) is 0 Å².